The van der Waals surface area contributed by atoms with Gasteiger partial charge in [0, 0.05) is 38.4 Å². The van der Waals surface area contributed by atoms with E-state index in [2.05, 4.69) is 20.4 Å². The van der Waals surface area contributed by atoms with Crippen molar-refractivity contribution in [1.82, 2.24) is 15.5 Å². The number of methoxy groups -OCH3 is 1. The molecule has 0 aliphatic carbocycles. The first-order valence-electron chi connectivity index (χ1n) is 9.89. The summed E-state index contributed by atoms with van der Waals surface area (Å²) in [4.78, 5) is 29.2. The van der Waals surface area contributed by atoms with Gasteiger partial charge in [-0.15, -0.1) is 0 Å². The van der Waals surface area contributed by atoms with Crippen molar-refractivity contribution in [2.45, 2.75) is 13.0 Å². The number of carbonyl (C=O) groups excluding carboxylic acids is 2. The van der Waals surface area contributed by atoms with Crippen LogP contribution < -0.4 is 20.3 Å². The van der Waals surface area contributed by atoms with E-state index in [1.54, 1.807) is 7.11 Å². The zero-order valence-corrected chi connectivity index (χ0v) is 16.9. The smallest absolute Gasteiger partial charge is 0.321 e. The summed E-state index contributed by atoms with van der Waals surface area (Å²) >= 11 is 0. The van der Waals surface area contributed by atoms with Crippen LogP contribution in [0, 0.1) is 0 Å². The third-order valence-electron chi connectivity index (χ3n) is 5.05. The van der Waals surface area contributed by atoms with E-state index in [1.165, 1.54) is 0 Å². The molecule has 3 amide bonds. The van der Waals surface area contributed by atoms with Crippen molar-refractivity contribution in [3.05, 3.63) is 60.2 Å². The van der Waals surface area contributed by atoms with Gasteiger partial charge < -0.3 is 15.0 Å². The average molecular weight is 396 g/mol. The van der Waals surface area contributed by atoms with Gasteiger partial charge >= 0.3 is 6.03 Å². The molecule has 2 N–H and O–H groups in total. The fraction of sp³-hybridized carbons (Fsp3) is 0.364. The van der Waals surface area contributed by atoms with E-state index < -0.39 is 12.1 Å². The van der Waals surface area contributed by atoms with E-state index >= 15 is 0 Å². The summed E-state index contributed by atoms with van der Waals surface area (Å²) in [5.41, 5.74) is 2.01. The van der Waals surface area contributed by atoms with Crippen LogP contribution in [-0.2, 0) is 4.79 Å². The number of imide groups is 1. The van der Waals surface area contributed by atoms with Crippen LogP contribution in [0.25, 0.3) is 0 Å². The normalized spacial score (nSPS) is 15.4. The minimum Gasteiger partial charge on any atom is -0.497 e. The van der Waals surface area contributed by atoms with Crippen LogP contribution in [0.5, 0.6) is 5.75 Å². The Hall–Kier alpha value is -3.06. The van der Waals surface area contributed by atoms with Gasteiger partial charge in [0.2, 0.25) is 5.91 Å². The molecule has 0 spiro atoms. The summed E-state index contributed by atoms with van der Waals surface area (Å²) in [6.07, 6.45) is 0. The van der Waals surface area contributed by atoms with Crippen molar-refractivity contribution >= 4 is 17.6 Å². The van der Waals surface area contributed by atoms with Crippen molar-refractivity contribution in [3.63, 3.8) is 0 Å². The molecule has 154 valence electrons. The molecule has 3 rings (SSSR count). The maximum absolute atomic E-state index is 12.9. The van der Waals surface area contributed by atoms with Crippen LogP contribution in [0.4, 0.5) is 10.5 Å². The average Bonchev–Trinajstić information content (AvgIpc) is 2.75. The number of piperazine rings is 1. The third kappa shape index (κ3) is 5.26. The first kappa shape index (κ1) is 20.7. The molecular weight excluding hydrogens is 368 g/mol. The van der Waals surface area contributed by atoms with E-state index in [9.17, 15) is 9.59 Å². The Kier molecular flexibility index (Phi) is 7.08. The van der Waals surface area contributed by atoms with Crippen molar-refractivity contribution in [1.29, 1.82) is 0 Å². The summed E-state index contributed by atoms with van der Waals surface area (Å²) in [5, 5.41) is 5.09. The minimum atomic E-state index is -0.503. The number of anilines is 1. The number of nitrogens with zero attached hydrogens (tertiary/aromatic N) is 2. The van der Waals surface area contributed by atoms with E-state index in [0.29, 0.717) is 19.6 Å². The molecule has 2 aromatic carbocycles. The number of amides is 3. The van der Waals surface area contributed by atoms with Gasteiger partial charge in [0.05, 0.1) is 7.11 Å². The predicted molar refractivity (Wildman–Crippen MR) is 113 cm³/mol. The maximum atomic E-state index is 12.9. The molecule has 0 aromatic heterocycles. The molecule has 7 nitrogen and oxygen atoms in total. The highest BCUT2D eigenvalue weighted by atomic mass is 16.5. The lowest BCUT2D eigenvalue weighted by Crippen LogP contribution is -2.52. The number of rotatable bonds is 6. The number of hydrogen-bond acceptors (Lipinski definition) is 5. The monoisotopic (exact) mass is 396 g/mol. The Bertz CT molecular complexity index is 803. The number of nitrogens with one attached hydrogen (secondary N) is 2. The molecule has 1 atom stereocenters. The van der Waals surface area contributed by atoms with Crippen molar-refractivity contribution in [2.24, 2.45) is 0 Å². The molecule has 1 saturated heterocycles. The Morgan fingerprint density at radius 2 is 1.66 bits per heavy atom. The maximum Gasteiger partial charge on any atom is 0.321 e. The van der Waals surface area contributed by atoms with E-state index in [0.717, 1.165) is 30.1 Å². The first-order chi connectivity index (χ1) is 14.1. The van der Waals surface area contributed by atoms with Crippen LogP contribution in [0.2, 0.25) is 0 Å². The highest BCUT2D eigenvalue weighted by molar-refractivity contribution is 5.97. The molecule has 29 heavy (non-hydrogen) atoms. The highest BCUT2D eigenvalue weighted by Gasteiger charge is 2.31. The largest absolute Gasteiger partial charge is 0.497 e. The summed E-state index contributed by atoms with van der Waals surface area (Å²) in [6, 6.07) is 16.6. The molecular formula is C22H28N4O3. The number of carbonyl (C=O) groups is 2. The number of urea groups is 1. The molecule has 1 aliphatic rings. The van der Waals surface area contributed by atoms with Gasteiger partial charge in [-0.2, -0.15) is 0 Å². The van der Waals surface area contributed by atoms with Crippen LogP contribution in [0.3, 0.4) is 0 Å². The SMILES string of the molecule is CCNC(=O)NC(=O)[C@H](c1ccccc1)N1CCN(c2ccc(OC)cc2)CC1. The van der Waals surface area contributed by atoms with Gasteiger partial charge in [-0.25, -0.2) is 4.79 Å². The fourth-order valence-corrected chi connectivity index (χ4v) is 3.58. The van der Waals surface area contributed by atoms with Crippen LogP contribution in [0.1, 0.15) is 18.5 Å². The van der Waals surface area contributed by atoms with Crippen molar-refractivity contribution in [3.8, 4) is 5.75 Å². The Balaban J connectivity index is 1.70. The number of hydrogen-bond donors (Lipinski definition) is 2. The summed E-state index contributed by atoms with van der Waals surface area (Å²) in [6.45, 7) is 5.31. The third-order valence-corrected chi connectivity index (χ3v) is 5.05. The highest BCUT2D eigenvalue weighted by Crippen LogP contribution is 2.25. The standard InChI is InChI=1S/C22H28N4O3/c1-3-23-22(28)24-21(27)20(17-7-5-4-6-8-17)26-15-13-25(14-16-26)18-9-11-19(29-2)12-10-18/h4-12,20H,3,13-16H2,1-2H3,(H2,23,24,27,28)/t20-/m0/s1. The Labute approximate surface area is 171 Å². The second-order valence-electron chi connectivity index (χ2n) is 6.88. The van der Waals surface area contributed by atoms with Gasteiger partial charge in [0.1, 0.15) is 11.8 Å². The number of benzene rings is 2. The van der Waals surface area contributed by atoms with Crippen molar-refractivity contribution < 1.29 is 14.3 Å². The van der Waals surface area contributed by atoms with E-state index in [1.807, 2.05) is 61.5 Å². The second-order valence-corrected chi connectivity index (χ2v) is 6.88. The van der Waals surface area contributed by atoms with Gasteiger partial charge in [0.15, 0.2) is 0 Å². The molecule has 0 saturated carbocycles. The molecule has 0 bridgehead atoms. The number of ether oxygens (including phenoxy) is 1. The van der Waals surface area contributed by atoms with Gasteiger partial charge in [-0.1, -0.05) is 30.3 Å². The van der Waals surface area contributed by atoms with E-state index in [4.69, 9.17) is 4.74 Å². The second kappa shape index (κ2) is 9.93. The Morgan fingerprint density at radius 1 is 1.00 bits per heavy atom. The van der Waals surface area contributed by atoms with Crippen molar-refractivity contribution in [2.75, 3.05) is 44.7 Å². The molecule has 2 aromatic rings. The zero-order valence-electron chi connectivity index (χ0n) is 16.9. The summed E-state index contributed by atoms with van der Waals surface area (Å²) in [7, 11) is 1.66. The van der Waals surface area contributed by atoms with Gasteiger partial charge in [-0.05, 0) is 36.8 Å². The fourth-order valence-electron chi connectivity index (χ4n) is 3.58. The zero-order chi connectivity index (χ0) is 20.6. The lowest BCUT2D eigenvalue weighted by molar-refractivity contribution is -0.125. The quantitative estimate of drug-likeness (QED) is 0.784. The summed E-state index contributed by atoms with van der Waals surface area (Å²) < 4.78 is 5.23. The Morgan fingerprint density at radius 3 is 2.24 bits per heavy atom. The van der Waals surface area contributed by atoms with Crippen LogP contribution >= 0.6 is 0 Å². The molecule has 0 unspecified atom stereocenters. The predicted octanol–water partition coefficient (Wildman–Crippen LogP) is 2.40. The topological polar surface area (TPSA) is 73.9 Å². The first-order valence-corrected chi connectivity index (χ1v) is 9.89. The molecule has 1 aliphatic heterocycles. The lowest BCUT2D eigenvalue weighted by atomic mass is 10.0. The lowest BCUT2D eigenvalue weighted by Gasteiger charge is -2.39. The van der Waals surface area contributed by atoms with Crippen LogP contribution in [0.15, 0.2) is 54.6 Å². The molecule has 1 heterocycles. The van der Waals surface area contributed by atoms with Gasteiger partial charge in [-0.3, -0.25) is 15.0 Å². The summed E-state index contributed by atoms with van der Waals surface area (Å²) in [5.74, 6) is 0.526. The molecule has 1 fully saturated rings. The van der Waals surface area contributed by atoms with Gasteiger partial charge in [0.25, 0.3) is 0 Å². The molecule has 7 heteroatoms. The van der Waals surface area contributed by atoms with Crippen LogP contribution in [-0.4, -0.2) is 56.7 Å². The minimum absolute atomic E-state index is 0.306. The molecule has 0 radical (unpaired) electrons. The van der Waals surface area contributed by atoms with E-state index in [-0.39, 0.29) is 5.91 Å².